The van der Waals surface area contributed by atoms with Gasteiger partial charge in [0.1, 0.15) is 5.75 Å². The molecule has 0 radical (unpaired) electrons. The molecule has 0 atom stereocenters. The van der Waals surface area contributed by atoms with Crippen molar-refractivity contribution in [2.75, 3.05) is 39.0 Å². The van der Waals surface area contributed by atoms with E-state index in [2.05, 4.69) is 10.2 Å². The van der Waals surface area contributed by atoms with Crippen LogP contribution < -0.4 is 15.8 Å². The van der Waals surface area contributed by atoms with Crippen LogP contribution in [0, 0.1) is 0 Å². The minimum absolute atomic E-state index is 0.797. The van der Waals surface area contributed by atoms with E-state index < -0.39 is 0 Å². The van der Waals surface area contributed by atoms with Gasteiger partial charge in [-0.2, -0.15) is 0 Å². The zero-order valence-corrected chi connectivity index (χ0v) is 9.70. The Kier molecular flexibility index (Phi) is 3.64. The Morgan fingerprint density at radius 3 is 2.81 bits per heavy atom. The maximum absolute atomic E-state index is 5.80. The minimum Gasteiger partial charge on any atom is -0.496 e. The van der Waals surface area contributed by atoms with Crippen molar-refractivity contribution in [3.63, 3.8) is 0 Å². The number of ether oxygens (including phenoxy) is 1. The number of methoxy groups -OCH3 is 1. The number of piperazine rings is 1. The van der Waals surface area contributed by atoms with Crippen molar-refractivity contribution in [3.8, 4) is 5.75 Å². The molecular weight excluding hydrogens is 202 g/mol. The van der Waals surface area contributed by atoms with Crippen molar-refractivity contribution in [3.05, 3.63) is 23.8 Å². The Labute approximate surface area is 96.4 Å². The van der Waals surface area contributed by atoms with Crippen LogP contribution in [0.1, 0.15) is 5.56 Å². The van der Waals surface area contributed by atoms with Crippen LogP contribution in [-0.4, -0.2) is 38.2 Å². The molecule has 0 aromatic heterocycles. The van der Waals surface area contributed by atoms with E-state index >= 15 is 0 Å². The van der Waals surface area contributed by atoms with E-state index in [0.717, 1.165) is 44.2 Å². The van der Waals surface area contributed by atoms with Gasteiger partial charge in [0.2, 0.25) is 0 Å². The molecule has 1 fully saturated rings. The number of nitrogens with zero attached hydrogens (tertiary/aromatic N) is 1. The normalized spacial score (nSPS) is 17.3. The standard InChI is InChI=1S/C12H19N3O/c1-16-12-3-2-11(13)8-10(12)9-15-6-4-14-5-7-15/h2-3,8,14H,4-7,9,13H2,1H3. The zero-order valence-electron chi connectivity index (χ0n) is 9.70. The van der Waals surface area contributed by atoms with Crippen molar-refractivity contribution in [2.45, 2.75) is 6.54 Å². The molecule has 4 nitrogen and oxygen atoms in total. The van der Waals surface area contributed by atoms with E-state index in [1.165, 1.54) is 5.56 Å². The number of nitrogen functional groups attached to an aromatic ring is 1. The smallest absolute Gasteiger partial charge is 0.123 e. The number of hydrogen-bond donors (Lipinski definition) is 2. The average Bonchev–Trinajstić information content (AvgIpc) is 2.31. The number of nitrogens with two attached hydrogens (primary N) is 1. The van der Waals surface area contributed by atoms with E-state index in [4.69, 9.17) is 10.5 Å². The second-order valence-electron chi connectivity index (χ2n) is 4.10. The molecule has 0 amide bonds. The summed E-state index contributed by atoms with van der Waals surface area (Å²) in [6.07, 6.45) is 0. The first kappa shape index (κ1) is 11.2. The Hall–Kier alpha value is -1.26. The van der Waals surface area contributed by atoms with Crippen molar-refractivity contribution >= 4 is 5.69 Å². The van der Waals surface area contributed by atoms with Gasteiger partial charge in [0.15, 0.2) is 0 Å². The van der Waals surface area contributed by atoms with Crippen LogP contribution in [-0.2, 0) is 6.54 Å². The third-order valence-corrected chi connectivity index (χ3v) is 2.91. The molecule has 0 aliphatic carbocycles. The minimum atomic E-state index is 0.797. The molecule has 1 aliphatic heterocycles. The highest BCUT2D eigenvalue weighted by molar-refractivity contribution is 5.47. The van der Waals surface area contributed by atoms with E-state index in [9.17, 15) is 0 Å². The van der Waals surface area contributed by atoms with Crippen molar-refractivity contribution in [1.82, 2.24) is 10.2 Å². The maximum Gasteiger partial charge on any atom is 0.123 e. The molecule has 3 N–H and O–H groups in total. The number of anilines is 1. The van der Waals surface area contributed by atoms with Gasteiger partial charge in [-0.3, -0.25) is 4.90 Å². The van der Waals surface area contributed by atoms with Gasteiger partial charge in [0.05, 0.1) is 7.11 Å². The predicted molar refractivity (Wildman–Crippen MR) is 65.6 cm³/mol. The molecule has 1 aliphatic rings. The third-order valence-electron chi connectivity index (χ3n) is 2.91. The molecule has 0 saturated carbocycles. The van der Waals surface area contributed by atoms with Crippen LogP contribution in [0.3, 0.4) is 0 Å². The molecule has 88 valence electrons. The van der Waals surface area contributed by atoms with Crippen LogP contribution in [0.4, 0.5) is 5.69 Å². The maximum atomic E-state index is 5.80. The molecule has 2 rings (SSSR count). The fourth-order valence-electron chi connectivity index (χ4n) is 2.03. The number of nitrogens with one attached hydrogen (secondary N) is 1. The summed E-state index contributed by atoms with van der Waals surface area (Å²) in [6, 6.07) is 5.81. The van der Waals surface area contributed by atoms with E-state index in [0.29, 0.717) is 0 Å². The molecule has 1 saturated heterocycles. The molecular formula is C12H19N3O. The zero-order chi connectivity index (χ0) is 11.4. The molecule has 16 heavy (non-hydrogen) atoms. The van der Waals surface area contributed by atoms with E-state index in [-0.39, 0.29) is 0 Å². The largest absolute Gasteiger partial charge is 0.496 e. The van der Waals surface area contributed by atoms with Gasteiger partial charge < -0.3 is 15.8 Å². The fourth-order valence-corrected chi connectivity index (χ4v) is 2.03. The predicted octanol–water partition coefficient (Wildman–Crippen LogP) is 0.683. The van der Waals surface area contributed by atoms with Crippen LogP contribution in [0.15, 0.2) is 18.2 Å². The second kappa shape index (κ2) is 5.18. The summed E-state index contributed by atoms with van der Waals surface area (Å²) in [5.74, 6) is 0.924. The summed E-state index contributed by atoms with van der Waals surface area (Å²) in [5.41, 5.74) is 7.77. The van der Waals surface area contributed by atoms with Gasteiger partial charge in [-0.1, -0.05) is 0 Å². The monoisotopic (exact) mass is 221 g/mol. The first-order valence-electron chi connectivity index (χ1n) is 5.65. The summed E-state index contributed by atoms with van der Waals surface area (Å²) >= 11 is 0. The lowest BCUT2D eigenvalue weighted by Gasteiger charge is -2.27. The van der Waals surface area contributed by atoms with Gasteiger partial charge in [-0.05, 0) is 18.2 Å². The number of hydrogen-bond acceptors (Lipinski definition) is 4. The molecule has 1 heterocycles. The average molecular weight is 221 g/mol. The van der Waals surface area contributed by atoms with Crippen LogP contribution in [0.5, 0.6) is 5.75 Å². The van der Waals surface area contributed by atoms with Crippen LogP contribution in [0.2, 0.25) is 0 Å². The number of benzene rings is 1. The molecule has 1 aromatic rings. The summed E-state index contributed by atoms with van der Waals surface area (Å²) in [7, 11) is 1.70. The third kappa shape index (κ3) is 2.65. The highest BCUT2D eigenvalue weighted by Gasteiger charge is 2.12. The van der Waals surface area contributed by atoms with E-state index in [1.807, 2.05) is 18.2 Å². The summed E-state index contributed by atoms with van der Waals surface area (Å²) in [4.78, 5) is 2.41. The van der Waals surface area contributed by atoms with E-state index in [1.54, 1.807) is 7.11 Å². The van der Waals surface area contributed by atoms with Crippen molar-refractivity contribution in [1.29, 1.82) is 0 Å². The van der Waals surface area contributed by atoms with Crippen LogP contribution in [0.25, 0.3) is 0 Å². The first-order valence-corrected chi connectivity index (χ1v) is 5.65. The van der Waals surface area contributed by atoms with Gasteiger partial charge in [-0.15, -0.1) is 0 Å². The Balaban J connectivity index is 2.09. The Bertz CT molecular complexity index is 348. The highest BCUT2D eigenvalue weighted by atomic mass is 16.5. The molecule has 0 spiro atoms. The quantitative estimate of drug-likeness (QED) is 0.737. The lowest BCUT2D eigenvalue weighted by molar-refractivity contribution is 0.230. The second-order valence-corrected chi connectivity index (χ2v) is 4.10. The molecule has 0 unspecified atom stereocenters. The highest BCUT2D eigenvalue weighted by Crippen LogP contribution is 2.22. The fraction of sp³-hybridized carbons (Fsp3) is 0.500. The molecule has 4 heteroatoms. The lowest BCUT2D eigenvalue weighted by Crippen LogP contribution is -2.42. The Morgan fingerprint density at radius 1 is 1.38 bits per heavy atom. The summed E-state index contributed by atoms with van der Waals surface area (Å²) < 4.78 is 5.34. The van der Waals surface area contributed by atoms with Gasteiger partial charge in [0.25, 0.3) is 0 Å². The van der Waals surface area contributed by atoms with Gasteiger partial charge in [0, 0.05) is 44.0 Å². The van der Waals surface area contributed by atoms with Crippen LogP contribution >= 0.6 is 0 Å². The van der Waals surface area contributed by atoms with Crippen molar-refractivity contribution < 1.29 is 4.74 Å². The van der Waals surface area contributed by atoms with Gasteiger partial charge in [-0.25, -0.2) is 0 Å². The Morgan fingerprint density at radius 2 is 2.12 bits per heavy atom. The lowest BCUT2D eigenvalue weighted by atomic mass is 10.1. The van der Waals surface area contributed by atoms with Crippen molar-refractivity contribution in [2.24, 2.45) is 0 Å². The summed E-state index contributed by atoms with van der Waals surface area (Å²) in [6.45, 7) is 5.20. The topological polar surface area (TPSA) is 50.5 Å². The van der Waals surface area contributed by atoms with Gasteiger partial charge >= 0.3 is 0 Å². The molecule has 1 aromatic carbocycles. The summed E-state index contributed by atoms with van der Waals surface area (Å²) in [5, 5.41) is 3.34. The number of rotatable bonds is 3. The first-order chi connectivity index (χ1) is 7.79. The SMILES string of the molecule is COc1ccc(N)cc1CN1CCNCC1. The molecule has 0 bridgehead atoms.